The molecule has 0 aliphatic heterocycles. The summed E-state index contributed by atoms with van der Waals surface area (Å²) >= 11 is 3.39. The van der Waals surface area contributed by atoms with E-state index in [2.05, 4.69) is 35.1 Å². The minimum Gasteiger partial charge on any atom is -0.378 e. The van der Waals surface area contributed by atoms with Gasteiger partial charge in [-0.3, -0.25) is 0 Å². The summed E-state index contributed by atoms with van der Waals surface area (Å²) in [6.07, 6.45) is 2.40. The van der Waals surface area contributed by atoms with Crippen LogP contribution < -0.4 is 5.32 Å². The van der Waals surface area contributed by atoms with E-state index in [1.165, 1.54) is 6.07 Å². The maximum absolute atomic E-state index is 13.7. The van der Waals surface area contributed by atoms with E-state index in [1.54, 1.807) is 6.07 Å². The first-order valence-electron chi connectivity index (χ1n) is 7.30. The lowest BCUT2D eigenvalue weighted by Crippen LogP contribution is -2.62. The maximum Gasteiger partial charge on any atom is 0.127 e. The van der Waals surface area contributed by atoms with Crippen molar-refractivity contribution in [2.45, 2.75) is 52.3 Å². The second kappa shape index (κ2) is 6.54. The number of hydrogen-bond acceptors (Lipinski definition) is 2. The Morgan fingerprint density at radius 3 is 2.85 bits per heavy atom. The van der Waals surface area contributed by atoms with Crippen molar-refractivity contribution in [1.82, 2.24) is 5.32 Å². The Kier molecular flexibility index (Phi) is 5.21. The van der Waals surface area contributed by atoms with Crippen LogP contribution in [0.3, 0.4) is 0 Å². The van der Waals surface area contributed by atoms with Gasteiger partial charge in [0.05, 0.1) is 6.10 Å². The second-order valence-corrected chi connectivity index (χ2v) is 6.62. The zero-order valence-corrected chi connectivity index (χ0v) is 14.0. The molecule has 3 atom stereocenters. The molecule has 112 valence electrons. The fraction of sp³-hybridized carbons (Fsp3) is 0.625. The van der Waals surface area contributed by atoms with Gasteiger partial charge in [0, 0.05) is 34.6 Å². The van der Waals surface area contributed by atoms with Gasteiger partial charge in [-0.25, -0.2) is 4.39 Å². The first-order chi connectivity index (χ1) is 9.51. The summed E-state index contributed by atoms with van der Waals surface area (Å²) in [5.41, 5.74) is 0.857. The highest BCUT2D eigenvalue weighted by atomic mass is 79.9. The zero-order chi connectivity index (χ0) is 14.8. The molecule has 0 aromatic heterocycles. The fourth-order valence-corrected chi connectivity index (χ4v) is 3.39. The van der Waals surface area contributed by atoms with Gasteiger partial charge >= 0.3 is 0 Å². The van der Waals surface area contributed by atoms with Gasteiger partial charge < -0.3 is 10.1 Å². The summed E-state index contributed by atoms with van der Waals surface area (Å²) in [7, 11) is 0. The molecule has 1 saturated carbocycles. The molecule has 1 aromatic carbocycles. The minimum atomic E-state index is -0.153. The molecular weight excluding hydrogens is 321 g/mol. The van der Waals surface area contributed by atoms with E-state index in [0.717, 1.165) is 23.9 Å². The summed E-state index contributed by atoms with van der Waals surface area (Å²) in [6, 6.07) is 5.46. The van der Waals surface area contributed by atoms with Crippen LogP contribution in [0.25, 0.3) is 0 Å². The van der Waals surface area contributed by atoms with Crippen LogP contribution in [-0.2, 0) is 11.3 Å². The molecule has 1 aliphatic carbocycles. The molecule has 0 heterocycles. The second-order valence-electron chi connectivity index (χ2n) is 5.71. The minimum absolute atomic E-state index is 0.151. The van der Waals surface area contributed by atoms with Crippen LogP contribution in [0.1, 0.15) is 39.2 Å². The standard InChI is InChI=1S/C16H23BrFNO/c1-4-16(3)14(9-15(16)20-5-2)19-10-11-8-12(17)6-7-13(11)18/h6-8,14-15,19H,4-5,9-10H2,1-3H3. The van der Waals surface area contributed by atoms with Crippen molar-refractivity contribution in [1.29, 1.82) is 0 Å². The van der Waals surface area contributed by atoms with E-state index in [9.17, 15) is 4.39 Å². The predicted molar refractivity (Wildman–Crippen MR) is 83.2 cm³/mol. The van der Waals surface area contributed by atoms with E-state index in [1.807, 2.05) is 13.0 Å². The first kappa shape index (κ1) is 15.9. The smallest absolute Gasteiger partial charge is 0.127 e. The maximum atomic E-state index is 13.7. The molecule has 0 saturated heterocycles. The molecule has 20 heavy (non-hydrogen) atoms. The lowest BCUT2D eigenvalue weighted by atomic mass is 9.61. The van der Waals surface area contributed by atoms with E-state index < -0.39 is 0 Å². The van der Waals surface area contributed by atoms with E-state index in [0.29, 0.717) is 24.3 Å². The van der Waals surface area contributed by atoms with Crippen LogP contribution in [-0.4, -0.2) is 18.8 Å². The van der Waals surface area contributed by atoms with Gasteiger partial charge in [-0.2, -0.15) is 0 Å². The van der Waals surface area contributed by atoms with Gasteiger partial charge in [0.1, 0.15) is 5.82 Å². The summed E-state index contributed by atoms with van der Waals surface area (Å²) in [4.78, 5) is 0. The highest BCUT2D eigenvalue weighted by Gasteiger charge is 2.50. The summed E-state index contributed by atoms with van der Waals surface area (Å²) in [6.45, 7) is 7.80. The van der Waals surface area contributed by atoms with Crippen LogP contribution in [0.5, 0.6) is 0 Å². The predicted octanol–water partition coefficient (Wildman–Crippen LogP) is 4.27. The quantitative estimate of drug-likeness (QED) is 0.832. The molecule has 0 radical (unpaired) electrons. The molecule has 0 amide bonds. The molecular formula is C16H23BrFNO. The molecule has 3 unspecified atom stereocenters. The third kappa shape index (κ3) is 3.07. The van der Waals surface area contributed by atoms with Crippen LogP contribution in [0.2, 0.25) is 0 Å². The van der Waals surface area contributed by atoms with Crippen molar-refractivity contribution in [3.63, 3.8) is 0 Å². The number of hydrogen-bond donors (Lipinski definition) is 1. The highest BCUT2D eigenvalue weighted by Crippen LogP contribution is 2.46. The van der Waals surface area contributed by atoms with Crippen molar-refractivity contribution in [3.8, 4) is 0 Å². The zero-order valence-electron chi connectivity index (χ0n) is 12.4. The van der Waals surface area contributed by atoms with Gasteiger partial charge in [-0.15, -0.1) is 0 Å². The normalized spacial score (nSPS) is 29.2. The van der Waals surface area contributed by atoms with Crippen molar-refractivity contribution < 1.29 is 9.13 Å². The third-order valence-electron chi connectivity index (χ3n) is 4.66. The van der Waals surface area contributed by atoms with Crippen molar-refractivity contribution in [2.24, 2.45) is 5.41 Å². The van der Waals surface area contributed by atoms with Crippen molar-refractivity contribution in [2.75, 3.05) is 6.61 Å². The van der Waals surface area contributed by atoms with Gasteiger partial charge in [-0.05, 0) is 38.0 Å². The van der Waals surface area contributed by atoms with Crippen LogP contribution in [0, 0.1) is 11.2 Å². The molecule has 4 heteroatoms. The van der Waals surface area contributed by atoms with Gasteiger partial charge in [-0.1, -0.05) is 29.8 Å². The molecule has 1 aliphatic rings. The van der Waals surface area contributed by atoms with E-state index in [-0.39, 0.29) is 11.2 Å². The average Bonchev–Trinajstić information content (AvgIpc) is 2.44. The summed E-state index contributed by atoms with van der Waals surface area (Å²) in [5, 5.41) is 3.49. The molecule has 2 nitrogen and oxygen atoms in total. The lowest BCUT2D eigenvalue weighted by Gasteiger charge is -2.53. The van der Waals surface area contributed by atoms with E-state index in [4.69, 9.17) is 4.74 Å². The summed E-state index contributed by atoms with van der Waals surface area (Å²) < 4.78 is 20.4. The SMILES string of the molecule is CCOC1CC(NCc2cc(Br)ccc2F)C1(C)CC. The Bertz CT molecular complexity index is 468. The van der Waals surface area contributed by atoms with Crippen molar-refractivity contribution in [3.05, 3.63) is 34.1 Å². The third-order valence-corrected chi connectivity index (χ3v) is 5.15. The Labute approximate surface area is 129 Å². The molecule has 1 aromatic rings. The van der Waals surface area contributed by atoms with Crippen LogP contribution in [0.4, 0.5) is 4.39 Å². The Morgan fingerprint density at radius 2 is 2.20 bits per heavy atom. The molecule has 0 spiro atoms. The summed E-state index contributed by atoms with van der Waals surface area (Å²) in [5.74, 6) is -0.153. The first-order valence-corrected chi connectivity index (χ1v) is 8.09. The number of halogens is 2. The van der Waals surface area contributed by atoms with Gasteiger partial charge in [0.2, 0.25) is 0 Å². The van der Waals surface area contributed by atoms with Gasteiger partial charge in [0.25, 0.3) is 0 Å². The lowest BCUT2D eigenvalue weighted by molar-refractivity contribution is -0.126. The molecule has 1 fully saturated rings. The molecule has 1 N–H and O–H groups in total. The molecule has 2 rings (SSSR count). The number of ether oxygens (including phenoxy) is 1. The fourth-order valence-electron chi connectivity index (χ4n) is 2.98. The Balaban J connectivity index is 1.96. The monoisotopic (exact) mass is 343 g/mol. The van der Waals surface area contributed by atoms with Crippen LogP contribution in [0.15, 0.2) is 22.7 Å². The molecule has 0 bridgehead atoms. The number of nitrogens with one attached hydrogen (secondary N) is 1. The number of rotatable bonds is 6. The largest absolute Gasteiger partial charge is 0.378 e. The topological polar surface area (TPSA) is 21.3 Å². The van der Waals surface area contributed by atoms with Gasteiger partial charge in [0.15, 0.2) is 0 Å². The average molecular weight is 344 g/mol. The highest BCUT2D eigenvalue weighted by molar-refractivity contribution is 9.10. The number of benzene rings is 1. The van der Waals surface area contributed by atoms with Crippen molar-refractivity contribution >= 4 is 15.9 Å². The van der Waals surface area contributed by atoms with Crippen LogP contribution >= 0.6 is 15.9 Å². The Morgan fingerprint density at radius 1 is 1.45 bits per heavy atom. The Hall–Kier alpha value is -0.450. The van der Waals surface area contributed by atoms with E-state index >= 15 is 0 Å².